The Morgan fingerprint density at radius 3 is 2.04 bits per heavy atom. The minimum Gasteiger partial charge on any atom is -0.487 e. The average molecular weight is 746 g/mol. The Hall–Kier alpha value is -6.20. The van der Waals surface area contributed by atoms with Crippen LogP contribution >= 0.6 is 0 Å². The van der Waals surface area contributed by atoms with Crippen LogP contribution in [-0.4, -0.2) is 112 Å². The smallest absolute Gasteiger partial charge is 0.341 e. The fraction of sp³-hybridized carbons (Fsp3) is 0.389. The molecule has 1 saturated carbocycles. The molecule has 1 unspecified atom stereocenters. The number of aromatic carboxylic acids is 2. The second kappa shape index (κ2) is 13.0. The molecule has 0 spiro atoms. The van der Waals surface area contributed by atoms with E-state index in [1.807, 2.05) is 11.8 Å². The molecule has 1 aliphatic carbocycles. The number of nitrogens with two attached hydrogens (primary N) is 1. The van der Waals surface area contributed by atoms with E-state index >= 15 is 8.78 Å². The third-order valence-electron chi connectivity index (χ3n) is 10.7. The number of rotatable bonds is 5. The third-order valence-corrected chi connectivity index (χ3v) is 10.7. The van der Waals surface area contributed by atoms with E-state index in [2.05, 4.69) is 4.99 Å². The number of aromatic nitrogens is 2. The molecule has 3 fully saturated rings. The lowest BCUT2D eigenvalue weighted by molar-refractivity contribution is 0.0683. The highest BCUT2D eigenvalue weighted by atomic mass is 19.1. The van der Waals surface area contributed by atoms with Crippen LogP contribution in [0.5, 0.6) is 5.75 Å². The molecule has 4 aliphatic rings. The molecule has 18 heteroatoms. The number of hydrogen-bond donors (Lipinski definition) is 4. The standard InChI is InChI=1S/C36H37F2N9O7/c1-18-17-54-32-28-21(31(49)22(33(50)51)15-46(18)28)13-25(38)29(32)43-6-10-45(11-7-43)36(40)41-35(39)44-8-4-42(5-9-44)27-14-26-20(12-24(27)37)30(48)23(34(52)53)16-47(26)19-2-3-19/h12-16,18-19H,2-11,17H2,1H3,(H,50,51)(H,52,53)(H3,39,40,41). The van der Waals surface area contributed by atoms with Crippen molar-refractivity contribution in [3.05, 3.63) is 73.8 Å². The Kier molecular flexibility index (Phi) is 8.41. The number of pyridine rings is 2. The van der Waals surface area contributed by atoms with Gasteiger partial charge in [-0.15, -0.1) is 0 Å². The van der Waals surface area contributed by atoms with Gasteiger partial charge in [0.25, 0.3) is 0 Å². The van der Waals surface area contributed by atoms with Crippen molar-refractivity contribution in [1.29, 1.82) is 5.41 Å². The van der Waals surface area contributed by atoms with Crippen molar-refractivity contribution in [2.24, 2.45) is 10.7 Å². The Balaban J connectivity index is 0.943. The number of guanidine groups is 2. The first-order valence-corrected chi connectivity index (χ1v) is 17.6. The molecule has 282 valence electrons. The number of hydrogen-bond acceptors (Lipinski definition) is 8. The van der Waals surface area contributed by atoms with Crippen molar-refractivity contribution in [3.63, 3.8) is 0 Å². The van der Waals surface area contributed by atoms with Crippen LogP contribution < -0.4 is 31.1 Å². The molecule has 3 aliphatic heterocycles. The van der Waals surface area contributed by atoms with Crippen molar-refractivity contribution >= 4 is 57.0 Å². The summed E-state index contributed by atoms with van der Waals surface area (Å²) in [6, 6.07) is 3.56. The van der Waals surface area contributed by atoms with Gasteiger partial charge in [0, 0.05) is 76.2 Å². The Morgan fingerprint density at radius 1 is 0.833 bits per heavy atom. The predicted molar refractivity (Wildman–Crippen MR) is 196 cm³/mol. The summed E-state index contributed by atoms with van der Waals surface area (Å²) in [5, 5.41) is 27.7. The van der Waals surface area contributed by atoms with Crippen LogP contribution in [0.3, 0.4) is 0 Å². The number of carbonyl (C=O) groups is 2. The number of carboxylic acid groups (broad SMARTS) is 2. The van der Waals surface area contributed by atoms with Gasteiger partial charge in [-0.3, -0.25) is 15.0 Å². The summed E-state index contributed by atoms with van der Waals surface area (Å²) in [5.74, 6) is -3.85. The van der Waals surface area contributed by atoms with Gasteiger partial charge in [0.15, 0.2) is 17.5 Å². The predicted octanol–water partition coefficient (Wildman–Crippen LogP) is 2.47. The minimum atomic E-state index is -1.39. The topological polar surface area (TPSA) is 203 Å². The summed E-state index contributed by atoms with van der Waals surface area (Å²) in [7, 11) is 0. The molecular formula is C36H37F2N9O7. The molecule has 5 N–H and O–H groups in total. The van der Waals surface area contributed by atoms with E-state index < -0.39 is 40.0 Å². The van der Waals surface area contributed by atoms with Crippen LogP contribution in [0.1, 0.15) is 52.6 Å². The second-order valence-corrected chi connectivity index (χ2v) is 14.1. The first-order valence-electron chi connectivity index (χ1n) is 17.6. The van der Waals surface area contributed by atoms with Gasteiger partial charge in [-0.2, -0.15) is 4.99 Å². The summed E-state index contributed by atoms with van der Waals surface area (Å²) in [6.45, 7) is 4.69. The van der Waals surface area contributed by atoms with Crippen LogP contribution in [0, 0.1) is 17.0 Å². The molecule has 1 atom stereocenters. The van der Waals surface area contributed by atoms with E-state index in [0.29, 0.717) is 63.4 Å². The van der Waals surface area contributed by atoms with Gasteiger partial charge in [0.1, 0.15) is 29.2 Å². The van der Waals surface area contributed by atoms with Crippen LogP contribution in [0.2, 0.25) is 0 Å². The highest BCUT2D eigenvalue weighted by molar-refractivity contribution is 5.98. The molecule has 0 radical (unpaired) electrons. The van der Waals surface area contributed by atoms with Gasteiger partial charge in [-0.1, -0.05) is 0 Å². The number of benzene rings is 2. The van der Waals surface area contributed by atoms with Crippen LogP contribution in [0.25, 0.3) is 21.8 Å². The lowest BCUT2D eigenvalue weighted by Crippen LogP contribution is -2.53. The summed E-state index contributed by atoms with van der Waals surface area (Å²) in [6.07, 6.45) is 4.30. The van der Waals surface area contributed by atoms with Crippen molar-refractivity contribution in [3.8, 4) is 5.75 Å². The Morgan fingerprint density at radius 2 is 1.41 bits per heavy atom. The van der Waals surface area contributed by atoms with E-state index in [0.717, 1.165) is 25.0 Å². The molecule has 0 bridgehead atoms. The Labute approximate surface area is 305 Å². The summed E-state index contributed by atoms with van der Waals surface area (Å²) in [4.78, 5) is 60.7. The number of carboxylic acids is 2. The fourth-order valence-electron chi connectivity index (χ4n) is 7.64. The summed E-state index contributed by atoms with van der Waals surface area (Å²) in [5.41, 5.74) is 5.31. The number of piperazine rings is 2. The van der Waals surface area contributed by atoms with Crippen molar-refractivity contribution in [1.82, 2.24) is 18.9 Å². The number of nitrogens with zero attached hydrogens (tertiary/aromatic N) is 7. The van der Waals surface area contributed by atoms with E-state index in [9.17, 15) is 29.4 Å². The monoisotopic (exact) mass is 745 g/mol. The average Bonchev–Trinajstić information content (AvgIpc) is 3.99. The normalized spacial score (nSPS) is 19.0. The quantitative estimate of drug-likeness (QED) is 0.172. The molecule has 54 heavy (non-hydrogen) atoms. The molecule has 16 nitrogen and oxygen atoms in total. The largest absolute Gasteiger partial charge is 0.487 e. The molecule has 2 aromatic carbocycles. The van der Waals surface area contributed by atoms with Gasteiger partial charge in [0.2, 0.25) is 16.8 Å². The maximum Gasteiger partial charge on any atom is 0.341 e. The number of ether oxygens (including phenoxy) is 1. The SMILES string of the molecule is CC1COc2c(N3CCN(/C(N)=N/C(=N)N4CCN(c5cc6c(cc5F)c(=O)c(C(=O)O)cn6C5CC5)CC4)CC3)c(F)cc3c(=O)c(C(=O)O)cn1c23. The molecule has 4 aromatic rings. The maximum atomic E-state index is 15.7. The lowest BCUT2D eigenvalue weighted by atomic mass is 10.1. The number of anilines is 2. The highest BCUT2D eigenvalue weighted by Gasteiger charge is 2.33. The zero-order chi connectivity index (χ0) is 38.2. The van der Waals surface area contributed by atoms with Crippen molar-refractivity contribution in [2.75, 3.05) is 68.8 Å². The van der Waals surface area contributed by atoms with E-state index in [4.69, 9.17) is 15.9 Å². The first-order chi connectivity index (χ1) is 25.8. The van der Waals surface area contributed by atoms with Gasteiger partial charge >= 0.3 is 11.9 Å². The first kappa shape index (κ1) is 34.9. The molecule has 2 saturated heterocycles. The summed E-state index contributed by atoms with van der Waals surface area (Å²) >= 11 is 0. The van der Waals surface area contributed by atoms with Crippen LogP contribution in [-0.2, 0) is 0 Å². The lowest BCUT2D eigenvalue weighted by Gasteiger charge is -2.39. The van der Waals surface area contributed by atoms with Gasteiger partial charge < -0.3 is 49.4 Å². The zero-order valence-corrected chi connectivity index (χ0v) is 29.2. The van der Waals surface area contributed by atoms with Crippen LogP contribution in [0.4, 0.5) is 20.2 Å². The van der Waals surface area contributed by atoms with E-state index in [-0.39, 0.29) is 64.1 Å². The van der Waals surface area contributed by atoms with Crippen molar-refractivity contribution < 1.29 is 33.3 Å². The number of fused-ring (bicyclic) bond motifs is 1. The van der Waals surface area contributed by atoms with E-state index in [1.165, 1.54) is 12.4 Å². The second-order valence-electron chi connectivity index (χ2n) is 14.1. The number of nitrogens with one attached hydrogen (secondary N) is 1. The highest BCUT2D eigenvalue weighted by Crippen LogP contribution is 2.42. The molecule has 0 amide bonds. The van der Waals surface area contributed by atoms with Gasteiger partial charge in [0.05, 0.1) is 28.1 Å². The Bertz CT molecular complexity index is 2430. The van der Waals surface area contributed by atoms with Gasteiger partial charge in [-0.05, 0) is 38.0 Å². The minimum absolute atomic E-state index is 0.0242. The van der Waals surface area contributed by atoms with Gasteiger partial charge in [-0.25, -0.2) is 18.4 Å². The number of aliphatic imine (C=N–C) groups is 1. The molecule has 8 rings (SSSR count). The number of halogens is 2. The maximum absolute atomic E-state index is 15.7. The van der Waals surface area contributed by atoms with Crippen LogP contribution in [0.15, 0.2) is 45.2 Å². The molecular weight excluding hydrogens is 708 g/mol. The third kappa shape index (κ3) is 5.81. The van der Waals surface area contributed by atoms with Crippen molar-refractivity contribution in [2.45, 2.75) is 31.8 Å². The zero-order valence-electron chi connectivity index (χ0n) is 29.2. The fourth-order valence-corrected chi connectivity index (χ4v) is 7.64. The molecule has 5 heterocycles. The van der Waals surface area contributed by atoms with E-state index in [1.54, 1.807) is 29.9 Å². The summed E-state index contributed by atoms with van der Waals surface area (Å²) < 4.78 is 40.6. The molecule has 2 aromatic heterocycles.